The van der Waals surface area contributed by atoms with Crippen molar-refractivity contribution in [3.8, 4) is 17.0 Å². The van der Waals surface area contributed by atoms with Gasteiger partial charge in [-0.3, -0.25) is 0 Å². The predicted octanol–water partition coefficient (Wildman–Crippen LogP) is 2.74. The van der Waals surface area contributed by atoms with Gasteiger partial charge >= 0.3 is 0 Å². The summed E-state index contributed by atoms with van der Waals surface area (Å²) < 4.78 is 5.13. The quantitative estimate of drug-likeness (QED) is 0.870. The summed E-state index contributed by atoms with van der Waals surface area (Å²) in [7, 11) is 1.66. The fraction of sp³-hybridized carbons (Fsp3) is 0.357. The van der Waals surface area contributed by atoms with Crippen molar-refractivity contribution in [1.82, 2.24) is 9.97 Å². The number of methoxy groups -OCH3 is 1. The van der Waals surface area contributed by atoms with Gasteiger partial charge < -0.3 is 15.5 Å². The van der Waals surface area contributed by atoms with Crippen LogP contribution in [0.3, 0.4) is 0 Å². The average Bonchev–Trinajstić information content (AvgIpc) is 2.87. The van der Waals surface area contributed by atoms with E-state index in [1.165, 1.54) is 0 Å². The molecular weight excluding hydrogens is 226 g/mol. The first kappa shape index (κ1) is 12.6. The molecule has 0 fully saturated rings. The molecular formula is C14H19N3O. The van der Waals surface area contributed by atoms with E-state index in [9.17, 15) is 0 Å². The Kier molecular flexibility index (Phi) is 3.67. The van der Waals surface area contributed by atoms with Gasteiger partial charge in [0.2, 0.25) is 0 Å². The predicted molar refractivity (Wildman–Crippen MR) is 72.3 cm³/mol. The molecule has 0 spiro atoms. The molecule has 96 valence electrons. The minimum atomic E-state index is -0.0583. The number of hydrogen-bond donors (Lipinski definition) is 2. The third-order valence-corrected chi connectivity index (χ3v) is 3.03. The summed E-state index contributed by atoms with van der Waals surface area (Å²) in [4.78, 5) is 7.62. The van der Waals surface area contributed by atoms with Crippen molar-refractivity contribution in [3.63, 3.8) is 0 Å². The molecule has 0 bridgehead atoms. The number of benzene rings is 1. The van der Waals surface area contributed by atoms with Gasteiger partial charge in [-0.25, -0.2) is 4.98 Å². The van der Waals surface area contributed by atoms with Gasteiger partial charge in [0.05, 0.1) is 25.0 Å². The van der Waals surface area contributed by atoms with Gasteiger partial charge in [0.15, 0.2) is 0 Å². The molecule has 0 saturated heterocycles. The number of nitrogens with zero attached hydrogens (tertiary/aromatic N) is 1. The molecule has 0 aliphatic rings. The molecule has 1 atom stereocenters. The Hall–Kier alpha value is -1.81. The molecule has 2 rings (SSSR count). The van der Waals surface area contributed by atoms with Gasteiger partial charge in [-0.2, -0.15) is 0 Å². The molecule has 1 heterocycles. The van der Waals surface area contributed by atoms with E-state index in [4.69, 9.17) is 10.5 Å². The van der Waals surface area contributed by atoms with Crippen molar-refractivity contribution in [2.75, 3.05) is 7.11 Å². The minimum Gasteiger partial charge on any atom is -0.497 e. The van der Waals surface area contributed by atoms with Crippen molar-refractivity contribution in [2.24, 2.45) is 11.7 Å². The number of rotatable bonds is 4. The Labute approximate surface area is 107 Å². The number of ether oxygens (including phenoxy) is 1. The molecule has 18 heavy (non-hydrogen) atoms. The van der Waals surface area contributed by atoms with Gasteiger partial charge in [-0.05, 0) is 35.7 Å². The standard InChI is InChI=1S/C14H19N3O/c1-9(2)13(15)14-16-8-12(17-14)10-4-6-11(18-3)7-5-10/h4-9,13H,15H2,1-3H3,(H,16,17). The monoisotopic (exact) mass is 245 g/mol. The first-order valence-corrected chi connectivity index (χ1v) is 6.06. The fourth-order valence-electron chi connectivity index (χ4n) is 1.74. The van der Waals surface area contributed by atoms with Crippen LogP contribution in [0.25, 0.3) is 11.3 Å². The highest BCUT2D eigenvalue weighted by Gasteiger charge is 2.14. The summed E-state index contributed by atoms with van der Waals surface area (Å²) >= 11 is 0. The molecule has 4 heteroatoms. The smallest absolute Gasteiger partial charge is 0.123 e. The van der Waals surface area contributed by atoms with Crippen molar-refractivity contribution in [1.29, 1.82) is 0 Å². The van der Waals surface area contributed by atoms with E-state index in [1.54, 1.807) is 7.11 Å². The summed E-state index contributed by atoms with van der Waals surface area (Å²) in [6.45, 7) is 4.17. The van der Waals surface area contributed by atoms with E-state index >= 15 is 0 Å². The second kappa shape index (κ2) is 5.23. The van der Waals surface area contributed by atoms with Crippen molar-refractivity contribution < 1.29 is 4.74 Å². The summed E-state index contributed by atoms with van der Waals surface area (Å²) in [5.41, 5.74) is 8.11. The van der Waals surface area contributed by atoms with Gasteiger partial charge in [0.25, 0.3) is 0 Å². The number of nitrogens with one attached hydrogen (secondary N) is 1. The number of H-pyrrole nitrogens is 1. The lowest BCUT2D eigenvalue weighted by molar-refractivity contribution is 0.415. The first-order valence-electron chi connectivity index (χ1n) is 6.06. The van der Waals surface area contributed by atoms with Crippen LogP contribution in [0.4, 0.5) is 0 Å². The van der Waals surface area contributed by atoms with Crippen LogP contribution in [-0.2, 0) is 0 Å². The number of imidazole rings is 1. The Morgan fingerprint density at radius 3 is 2.44 bits per heavy atom. The maximum atomic E-state index is 6.06. The van der Waals surface area contributed by atoms with Gasteiger partial charge in [-0.1, -0.05) is 13.8 Å². The molecule has 1 aromatic carbocycles. The van der Waals surface area contributed by atoms with E-state index in [0.29, 0.717) is 5.92 Å². The van der Waals surface area contributed by atoms with E-state index in [2.05, 4.69) is 23.8 Å². The molecule has 0 saturated carbocycles. The zero-order valence-corrected chi connectivity index (χ0v) is 11.0. The van der Waals surface area contributed by atoms with Gasteiger partial charge in [-0.15, -0.1) is 0 Å². The molecule has 0 radical (unpaired) electrons. The normalized spacial score (nSPS) is 12.7. The average molecular weight is 245 g/mol. The lowest BCUT2D eigenvalue weighted by Crippen LogP contribution is -2.18. The number of hydrogen-bond acceptors (Lipinski definition) is 3. The zero-order chi connectivity index (χ0) is 13.1. The van der Waals surface area contributed by atoms with E-state index in [0.717, 1.165) is 22.8 Å². The van der Waals surface area contributed by atoms with Gasteiger partial charge in [0.1, 0.15) is 11.6 Å². The molecule has 4 nitrogen and oxygen atoms in total. The molecule has 0 aliphatic carbocycles. The second-order valence-corrected chi connectivity index (χ2v) is 4.68. The van der Waals surface area contributed by atoms with E-state index in [-0.39, 0.29) is 6.04 Å². The number of aromatic nitrogens is 2. The summed E-state index contributed by atoms with van der Waals surface area (Å²) in [6.07, 6.45) is 1.82. The van der Waals surface area contributed by atoms with Crippen LogP contribution in [0.5, 0.6) is 5.75 Å². The molecule has 2 aromatic rings. The van der Waals surface area contributed by atoms with Crippen LogP contribution in [-0.4, -0.2) is 17.1 Å². The second-order valence-electron chi connectivity index (χ2n) is 4.68. The van der Waals surface area contributed by atoms with Crippen LogP contribution in [0.1, 0.15) is 25.7 Å². The van der Waals surface area contributed by atoms with Crippen LogP contribution in [0.2, 0.25) is 0 Å². The largest absolute Gasteiger partial charge is 0.497 e. The van der Waals surface area contributed by atoms with Crippen molar-refractivity contribution in [3.05, 3.63) is 36.3 Å². The van der Waals surface area contributed by atoms with E-state index < -0.39 is 0 Å². The molecule has 1 unspecified atom stereocenters. The van der Waals surface area contributed by atoms with E-state index in [1.807, 2.05) is 30.5 Å². The summed E-state index contributed by atoms with van der Waals surface area (Å²) in [5.74, 6) is 2.04. The van der Waals surface area contributed by atoms with Crippen LogP contribution in [0.15, 0.2) is 30.5 Å². The number of aromatic amines is 1. The SMILES string of the molecule is COc1ccc(-c2cnc(C(N)C(C)C)[nH]2)cc1. The van der Waals surface area contributed by atoms with Crippen molar-refractivity contribution in [2.45, 2.75) is 19.9 Å². The molecule has 0 aliphatic heterocycles. The molecule has 1 aromatic heterocycles. The fourth-order valence-corrected chi connectivity index (χ4v) is 1.74. The van der Waals surface area contributed by atoms with Crippen LogP contribution < -0.4 is 10.5 Å². The lowest BCUT2D eigenvalue weighted by atomic mass is 10.1. The van der Waals surface area contributed by atoms with Crippen LogP contribution >= 0.6 is 0 Å². The molecule has 3 N–H and O–H groups in total. The van der Waals surface area contributed by atoms with Crippen molar-refractivity contribution >= 4 is 0 Å². The Morgan fingerprint density at radius 1 is 1.22 bits per heavy atom. The summed E-state index contributed by atoms with van der Waals surface area (Å²) in [6, 6.07) is 7.79. The van der Waals surface area contributed by atoms with Gasteiger partial charge in [0, 0.05) is 0 Å². The highest BCUT2D eigenvalue weighted by atomic mass is 16.5. The topological polar surface area (TPSA) is 63.9 Å². The third-order valence-electron chi connectivity index (χ3n) is 3.03. The zero-order valence-electron chi connectivity index (χ0n) is 11.0. The Balaban J connectivity index is 2.23. The maximum Gasteiger partial charge on any atom is 0.123 e. The highest BCUT2D eigenvalue weighted by molar-refractivity contribution is 5.59. The highest BCUT2D eigenvalue weighted by Crippen LogP contribution is 2.23. The van der Waals surface area contributed by atoms with Crippen LogP contribution in [0, 0.1) is 5.92 Å². The Morgan fingerprint density at radius 2 is 1.89 bits per heavy atom. The minimum absolute atomic E-state index is 0.0583. The maximum absolute atomic E-state index is 6.06. The lowest BCUT2D eigenvalue weighted by Gasteiger charge is -2.12. The number of nitrogens with two attached hydrogens (primary N) is 1. The molecule has 0 amide bonds. The third kappa shape index (κ3) is 2.54. The first-order chi connectivity index (χ1) is 8.61. The Bertz CT molecular complexity index is 502. The summed E-state index contributed by atoms with van der Waals surface area (Å²) in [5, 5.41) is 0.